The Morgan fingerprint density at radius 2 is 1.93 bits per heavy atom. The molecular weight excluding hydrogens is 407 g/mol. The van der Waals surface area contributed by atoms with Gasteiger partial charge in [-0.25, -0.2) is 0 Å². The normalized spacial score (nSPS) is 14.5. The molecule has 0 aromatic heterocycles. The number of nitriles is 1. The summed E-state index contributed by atoms with van der Waals surface area (Å²) in [4.78, 5) is 12.4. The first-order valence-electron chi connectivity index (χ1n) is 9.56. The monoisotopic (exact) mass is 428 g/mol. The lowest BCUT2D eigenvalue weighted by Gasteiger charge is -2.12. The lowest BCUT2D eigenvalue weighted by molar-refractivity contribution is -0.117. The van der Waals surface area contributed by atoms with Crippen LogP contribution in [0.5, 0.6) is 5.75 Å². The van der Waals surface area contributed by atoms with E-state index in [9.17, 15) is 10.1 Å². The largest absolute Gasteiger partial charge is 0.486 e. The highest BCUT2D eigenvalue weighted by molar-refractivity contribution is 6.37. The van der Waals surface area contributed by atoms with Crippen LogP contribution in [0.4, 0.5) is 0 Å². The van der Waals surface area contributed by atoms with E-state index in [0.717, 1.165) is 36.8 Å². The minimum atomic E-state index is -0.369. The molecule has 0 saturated heterocycles. The van der Waals surface area contributed by atoms with Crippen molar-refractivity contribution in [3.05, 3.63) is 68.7 Å². The average molecular weight is 429 g/mol. The summed E-state index contributed by atoms with van der Waals surface area (Å²) < 4.78 is 5.80. The van der Waals surface area contributed by atoms with Gasteiger partial charge < -0.3 is 10.1 Å². The number of carbonyl (C=O) groups is 1. The summed E-state index contributed by atoms with van der Waals surface area (Å²) in [6.45, 7) is 2.35. The van der Waals surface area contributed by atoms with Gasteiger partial charge in [0.25, 0.3) is 5.91 Å². The van der Waals surface area contributed by atoms with Crippen LogP contribution in [0.1, 0.15) is 42.4 Å². The molecule has 0 bridgehead atoms. The van der Waals surface area contributed by atoms with E-state index in [2.05, 4.69) is 5.32 Å². The Labute approximate surface area is 181 Å². The highest BCUT2D eigenvalue weighted by atomic mass is 35.5. The van der Waals surface area contributed by atoms with Gasteiger partial charge in [-0.1, -0.05) is 65.9 Å². The molecule has 1 aliphatic carbocycles. The van der Waals surface area contributed by atoms with Crippen molar-refractivity contribution < 1.29 is 9.53 Å². The number of rotatable bonds is 6. The summed E-state index contributed by atoms with van der Waals surface area (Å²) in [6.07, 6.45) is 5.61. The van der Waals surface area contributed by atoms with Crippen LogP contribution in [0, 0.1) is 18.3 Å². The molecule has 1 amide bonds. The number of carbonyl (C=O) groups excluding carboxylic acids is 1. The summed E-state index contributed by atoms with van der Waals surface area (Å²) in [7, 11) is 0. The van der Waals surface area contributed by atoms with E-state index >= 15 is 0 Å². The van der Waals surface area contributed by atoms with Gasteiger partial charge in [-0.3, -0.25) is 4.79 Å². The predicted molar refractivity (Wildman–Crippen MR) is 116 cm³/mol. The number of hydrogen-bond donors (Lipinski definition) is 1. The molecule has 0 unspecified atom stereocenters. The summed E-state index contributed by atoms with van der Waals surface area (Å²) in [5.74, 6) is 0.00678. The van der Waals surface area contributed by atoms with Crippen LogP contribution in [0.2, 0.25) is 10.0 Å². The van der Waals surface area contributed by atoms with Gasteiger partial charge in [0.05, 0.1) is 10.0 Å². The molecule has 2 aromatic rings. The quantitative estimate of drug-likeness (QED) is 0.463. The third-order valence-corrected chi connectivity index (χ3v) is 5.41. The highest BCUT2D eigenvalue weighted by Crippen LogP contribution is 2.35. The fraction of sp³-hybridized carbons (Fsp3) is 0.304. The molecule has 0 heterocycles. The predicted octanol–water partition coefficient (Wildman–Crippen LogP) is 5.85. The lowest BCUT2D eigenvalue weighted by Crippen LogP contribution is -2.33. The summed E-state index contributed by atoms with van der Waals surface area (Å²) in [5, 5.41) is 12.9. The molecule has 0 aliphatic heterocycles. The zero-order valence-electron chi connectivity index (χ0n) is 16.2. The van der Waals surface area contributed by atoms with Crippen molar-refractivity contribution in [3.8, 4) is 11.8 Å². The molecule has 29 heavy (non-hydrogen) atoms. The van der Waals surface area contributed by atoms with Gasteiger partial charge in [0.1, 0.15) is 18.2 Å². The maximum Gasteiger partial charge on any atom is 0.262 e. The fourth-order valence-corrected chi connectivity index (χ4v) is 4.02. The lowest BCUT2D eigenvalue weighted by atomic mass is 10.1. The number of benzene rings is 2. The molecule has 1 aliphatic rings. The first-order chi connectivity index (χ1) is 14.0. The van der Waals surface area contributed by atoms with Gasteiger partial charge in [0, 0.05) is 6.04 Å². The van der Waals surface area contributed by atoms with Crippen molar-refractivity contribution in [2.45, 2.75) is 45.3 Å². The third kappa shape index (κ3) is 5.76. The summed E-state index contributed by atoms with van der Waals surface area (Å²) in [5.41, 5.74) is 2.75. The Morgan fingerprint density at radius 1 is 1.24 bits per heavy atom. The van der Waals surface area contributed by atoms with Crippen molar-refractivity contribution in [2.24, 2.45) is 0 Å². The third-order valence-electron chi connectivity index (χ3n) is 4.85. The van der Waals surface area contributed by atoms with E-state index in [1.54, 1.807) is 12.1 Å². The first kappa shape index (κ1) is 21.2. The SMILES string of the molecule is Cc1cccc(COc2c(Cl)cc(/C=C(/C#N)C(=O)NC3CCCC3)cc2Cl)c1. The zero-order chi connectivity index (χ0) is 20.8. The van der Waals surface area contributed by atoms with Crippen LogP contribution in [0.3, 0.4) is 0 Å². The number of hydrogen-bond acceptors (Lipinski definition) is 3. The van der Waals surface area contributed by atoms with E-state index in [1.165, 1.54) is 6.08 Å². The van der Waals surface area contributed by atoms with Gasteiger partial charge in [0.15, 0.2) is 5.75 Å². The fourth-order valence-electron chi connectivity index (χ4n) is 3.41. The first-order valence-corrected chi connectivity index (χ1v) is 10.3. The Morgan fingerprint density at radius 3 is 2.55 bits per heavy atom. The van der Waals surface area contributed by atoms with Gasteiger partial charge in [-0.2, -0.15) is 5.26 Å². The van der Waals surface area contributed by atoms with Crippen molar-refractivity contribution in [2.75, 3.05) is 0 Å². The molecule has 150 valence electrons. The van der Waals surface area contributed by atoms with Crippen molar-refractivity contribution >= 4 is 35.2 Å². The van der Waals surface area contributed by atoms with Crippen molar-refractivity contribution in [3.63, 3.8) is 0 Å². The van der Waals surface area contributed by atoms with E-state index < -0.39 is 0 Å². The second kappa shape index (κ2) is 9.82. The summed E-state index contributed by atoms with van der Waals surface area (Å²) in [6, 6.07) is 13.4. The minimum Gasteiger partial charge on any atom is -0.486 e. The van der Waals surface area contributed by atoms with Gasteiger partial charge >= 0.3 is 0 Å². The van der Waals surface area contributed by atoms with Crippen molar-refractivity contribution in [1.82, 2.24) is 5.32 Å². The molecular formula is C23H22Cl2N2O2. The number of halogens is 2. The maximum absolute atomic E-state index is 12.4. The smallest absolute Gasteiger partial charge is 0.262 e. The molecule has 4 nitrogen and oxygen atoms in total. The molecule has 0 atom stereocenters. The Kier molecular flexibility index (Phi) is 7.19. The maximum atomic E-state index is 12.4. The van der Waals surface area contributed by atoms with Crippen LogP contribution in [-0.4, -0.2) is 11.9 Å². The molecule has 1 saturated carbocycles. The van der Waals surface area contributed by atoms with Crippen LogP contribution in [0.15, 0.2) is 42.0 Å². The second-order valence-corrected chi connectivity index (χ2v) is 8.03. The van der Waals surface area contributed by atoms with Crippen LogP contribution < -0.4 is 10.1 Å². The van der Waals surface area contributed by atoms with Gasteiger partial charge in [0.2, 0.25) is 0 Å². The number of amides is 1. The Balaban J connectivity index is 1.74. The van der Waals surface area contributed by atoms with Crippen LogP contribution in [-0.2, 0) is 11.4 Å². The topological polar surface area (TPSA) is 62.1 Å². The van der Waals surface area contributed by atoms with Crippen LogP contribution >= 0.6 is 23.2 Å². The average Bonchev–Trinajstić information content (AvgIpc) is 3.18. The van der Waals surface area contributed by atoms with Crippen molar-refractivity contribution in [1.29, 1.82) is 5.26 Å². The second-order valence-electron chi connectivity index (χ2n) is 7.22. The highest BCUT2D eigenvalue weighted by Gasteiger charge is 2.19. The molecule has 0 radical (unpaired) electrons. The standard InChI is InChI=1S/C23H22Cl2N2O2/c1-15-5-4-6-16(9-15)14-29-22-20(24)11-17(12-21(22)25)10-18(13-26)23(28)27-19-7-2-3-8-19/h4-6,9-12,19H,2-3,7-8,14H2,1H3,(H,27,28)/b18-10-. The van der Waals surface area contributed by atoms with Gasteiger partial charge in [-0.05, 0) is 49.1 Å². The number of nitrogens with zero attached hydrogens (tertiary/aromatic N) is 1. The minimum absolute atomic E-state index is 0.0254. The Bertz CT molecular complexity index is 950. The van der Waals surface area contributed by atoms with E-state index in [0.29, 0.717) is 28.0 Å². The van der Waals surface area contributed by atoms with E-state index in [1.807, 2.05) is 37.3 Å². The molecule has 6 heteroatoms. The Hall–Kier alpha value is -2.48. The van der Waals surface area contributed by atoms with Crippen LogP contribution in [0.25, 0.3) is 6.08 Å². The molecule has 2 aromatic carbocycles. The molecule has 3 rings (SSSR count). The zero-order valence-corrected chi connectivity index (χ0v) is 17.7. The molecule has 1 fully saturated rings. The summed E-state index contributed by atoms with van der Waals surface area (Å²) >= 11 is 12.7. The van der Waals surface area contributed by atoms with E-state index in [-0.39, 0.29) is 17.5 Å². The number of nitrogens with one attached hydrogen (secondary N) is 1. The number of aryl methyl sites for hydroxylation is 1. The van der Waals surface area contributed by atoms with Gasteiger partial charge in [-0.15, -0.1) is 0 Å². The van der Waals surface area contributed by atoms with E-state index in [4.69, 9.17) is 27.9 Å². The molecule has 1 N–H and O–H groups in total. The number of ether oxygens (including phenoxy) is 1. The molecule has 0 spiro atoms.